The minimum absolute atomic E-state index is 0.0415. The third-order valence-corrected chi connectivity index (χ3v) is 4.97. The molecular formula is C17H23BrN2O3. The van der Waals surface area contributed by atoms with Gasteiger partial charge in [0.1, 0.15) is 11.8 Å². The Hall–Kier alpha value is -1.56. The molecule has 0 bridgehead atoms. The summed E-state index contributed by atoms with van der Waals surface area (Å²) >= 11 is 3.42. The van der Waals surface area contributed by atoms with Crippen molar-refractivity contribution in [1.29, 1.82) is 0 Å². The minimum Gasteiger partial charge on any atom is -0.497 e. The number of halogens is 1. The second kappa shape index (κ2) is 7.81. The third-order valence-electron chi connectivity index (χ3n) is 4.28. The van der Waals surface area contributed by atoms with E-state index in [1.165, 1.54) is 0 Å². The first-order valence-electron chi connectivity index (χ1n) is 7.96. The Morgan fingerprint density at radius 2 is 2.04 bits per heavy atom. The monoisotopic (exact) mass is 382 g/mol. The van der Waals surface area contributed by atoms with Gasteiger partial charge in [0, 0.05) is 24.1 Å². The molecule has 0 spiro atoms. The highest BCUT2D eigenvalue weighted by molar-refractivity contribution is 9.10. The van der Waals surface area contributed by atoms with Gasteiger partial charge in [0.05, 0.1) is 12.7 Å². The minimum atomic E-state index is -0.361. The molecule has 0 radical (unpaired) electrons. The van der Waals surface area contributed by atoms with Crippen LogP contribution in [0.5, 0.6) is 5.75 Å². The molecule has 1 saturated heterocycles. The van der Waals surface area contributed by atoms with Gasteiger partial charge in [-0.2, -0.15) is 0 Å². The molecule has 1 unspecified atom stereocenters. The summed E-state index contributed by atoms with van der Waals surface area (Å²) in [5.41, 5.74) is 0.531. The largest absolute Gasteiger partial charge is 0.497 e. The van der Waals surface area contributed by atoms with E-state index in [0.717, 1.165) is 12.8 Å². The van der Waals surface area contributed by atoms with Gasteiger partial charge < -0.3 is 14.5 Å². The van der Waals surface area contributed by atoms with Crippen LogP contribution >= 0.6 is 15.9 Å². The smallest absolute Gasteiger partial charge is 0.255 e. The second-order valence-electron chi connectivity index (χ2n) is 5.51. The van der Waals surface area contributed by atoms with Gasteiger partial charge in [-0.1, -0.05) is 0 Å². The van der Waals surface area contributed by atoms with E-state index >= 15 is 0 Å². The first-order valence-corrected chi connectivity index (χ1v) is 8.76. The number of likely N-dealkylation sites (N-methyl/N-ethyl adjacent to an activating group) is 1. The number of amides is 2. The van der Waals surface area contributed by atoms with E-state index in [0.29, 0.717) is 35.4 Å². The lowest BCUT2D eigenvalue weighted by molar-refractivity contribution is -0.134. The van der Waals surface area contributed by atoms with Crippen LogP contribution in [0, 0.1) is 0 Å². The average molecular weight is 383 g/mol. The van der Waals surface area contributed by atoms with Gasteiger partial charge in [-0.25, -0.2) is 0 Å². The zero-order valence-corrected chi connectivity index (χ0v) is 15.4. The number of carbonyl (C=O) groups is 2. The highest BCUT2D eigenvalue weighted by Gasteiger charge is 2.36. The fourth-order valence-corrected chi connectivity index (χ4v) is 3.38. The topological polar surface area (TPSA) is 49.9 Å². The quantitative estimate of drug-likeness (QED) is 0.786. The summed E-state index contributed by atoms with van der Waals surface area (Å²) in [5.74, 6) is 0.543. The zero-order chi connectivity index (χ0) is 17.0. The number of nitrogens with zero attached hydrogens (tertiary/aromatic N) is 2. The first-order chi connectivity index (χ1) is 11.0. The molecule has 126 valence electrons. The summed E-state index contributed by atoms with van der Waals surface area (Å²) in [4.78, 5) is 29.1. The summed E-state index contributed by atoms with van der Waals surface area (Å²) < 4.78 is 5.92. The van der Waals surface area contributed by atoms with Crippen molar-refractivity contribution in [1.82, 2.24) is 9.80 Å². The Kier molecular flexibility index (Phi) is 6.04. The van der Waals surface area contributed by atoms with Gasteiger partial charge in [0.15, 0.2) is 0 Å². The molecule has 2 rings (SSSR count). The van der Waals surface area contributed by atoms with Crippen LogP contribution in [0.2, 0.25) is 0 Å². The molecule has 1 aliphatic heterocycles. The van der Waals surface area contributed by atoms with Gasteiger partial charge in [-0.15, -0.1) is 0 Å². The van der Waals surface area contributed by atoms with Gasteiger partial charge in [0.2, 0.25) is 5.91 Å². The molecule has 2 amide bonds. The maximum atomic E-state index is 12.9. The molecule has 0 saturated carbocycles. The normalized spacial score (nSPS) is 17.2. The van der Waals surface area contributed by atoms with Gasteiger partial charge in [-0.3, -0.25) is 9.59 Å². The van der Waals surface area contributed by atoms with Crippen molar-refractivity contribution in [3.63, 3.8) is 0 Å². The van der Waals surface area contributed by atoms with E-state index in [-0.39, 0.29) is 17.9 Å². The third kappa shape index (κ3) is 3.68. The van der Waals surface area contributed by atoms with Crippen LogP contribution in [0.25, 0.3) is 0 Å². The predicted molar refractivity (Wildman–Crippen MR) is 92.7 cm³/mol. The molecule has 1 aromatic rings. The van der Waals surface area contributed by atoms with Crippen molar-refractivity contribution < 1.29 is 14.3 Å². The van der Waals surface area contributed by atoms with E-state index < -0.39 is 0 Å². The van der Waals surface area contributed by atoms with Crippen molar-refractivity contribution in [2.45, 2.75) is 32.7 Å². The number of benzene rings is 1. The number of hydrogen-bond donors (Lipinski definition) is 0. The first kappa shape index (κ1) is 17.8. The Morgan fingerprint density at radius 1 is 1.35 bits per heavy atom. The molecule has 1 aromatic carbocycles. The lowest BCUT2D eigenvalue weighted by Gasteiger charge is -2.29. The van der Waals surface area contributed by atoms with E-state index in [1.54, 1.807) is 35.1 Å². The summed E-state index contributed by atoms with van der Waals surface area (Å²) in [5, 5.41) is 0. The Labute approximate surface area is 145 Å². The molecule has 1 atom stereocenters. The van der Waals surface area contributed by atoms with Crippen LogP contribution < -0.4 is 4.74 Å². The van der Waals surface area contributed by atoms with Gasteiger partial charge in [-0.05, 0) is 60.8 Å². The Morgan fingerprint density at radius 3 is 2.65 bits per heavy atom. The van der Waals surface area contributed by atoms with Crippen molar-refractivity contribution in [2.24, 2.45) is 0 Å². The number of ether oxygens (including phenoxy) is 1. The van der Waals surface area contributed by atoms with Crippen molar-refractivity contribution in [2.75, 3.05) is 26.7 Å². The van der Waals surface area contributed by atoms with Crippen LogP contribution in [-0.4, -0.2) is 54.4 Å². The highest BCUT2D eigenvalue weighted by atomic mass is 79.9. The Balaban J connectivity index is 2.26. The van der Waals surface area contributed by atoms with E-state index in [9.17, 15) is 9.59 Å². The van der Waals surface area contributed by atoms with Crippen LogP contribution in [-0.2, 0) is 4.79 Å². The van der Waals surface area contributed by atoms with E-state index in [1.807, 2.05) is 13.8 Å². The Bertz CT molecular complexity index is 587. The highest BCUT2D eigenvalue weighted by Crippen LogP contribution is 2.28. The van der Waals surface area contributed by atoms with Crippen LogP contribution in [0.4, 0.5) is 0 Å². The fourth-order valence-electron chi connectivity index (χ4n) is 2.96. The number of carbonyl (C=O) groups excluding carboxylic acids is 2. The standard InChI is InChI=1S/C17H23BrN2O3/c1-4-19(5-2)17(22)15-7-6-10-20(15)16(21)13-11-12(23-3)8-9-14(13)18/h8-9,11,15H,4-7,10H2,1-3H3. The lowest BCUT2D eigenvalue weighted by atomic mass is 10.1. The van der Waals surface area contributed by atoms with Crippen LogP contribution in [0.15, 0.2) is 22.7 Å². The van der Waals surface area contributed by atoms with Crippen LogP contribution in [0.1, 0.15) is 37.0 Å². The van der Waals surface area contributed by atoms with Crippen molar-refractivity contribution in [3.05, 3.63) is 28.2 Å². The average Bonchev–Trinajstić information content (AvgIpc) is 3.05. The lowest BCUT2D eigenvalue weighted by Crippen LogP contribution is -2.47. The summed E-state index contributed by atoms with van der Waals surface area (Å²) in [6, 6.07) is 4.94. The van der Waals surface area contributed by atoms with Gasteiger partial charge in [0.25, 0.3) is 5.91 Å². The fraction of sp³-hybridized carbons (Fsp3) is 0.529. The second-order valence-corrected chi connectivity index (χ2v) is 6.37. The number of methoxy groups -OCH3 is 1. The van der Waals surface area contributed by atoms with Gasteiger partial charge >= 0.3 is 0 Å². The number of likely N-dealkylation sites (tertiary alicyclic amines) is 1. The van der Waals surface area contributed by atoms with E-state index in [2.05, 4.69) is 15.9 Å². The molecule has 1 fully saturated rings. The molecule has 0 N–H and O–H groups in total. The zero-order valence-electron chi connectivity index (χ0n) is 13.8. The van der Waals surface area contributed by atoms with Crippen molar-refractivity contribution >= 4 is 27.7 Å². The predicted octanol–water partition coefficient (Wildman–Crippen LogP) is 2.93. The molecule has 0 aromatic heterocycles. The molecule has 6 heteroatoms. The SMILES string of the molecule is CCN(CC)C(=O)C1CCCN1C(=O)c1cc(OC)ccc1Br. The molecular weight excluding hydrogens is 360 g/mol. The molecule has 0 aliphatic carbocycles. The molecule has 23 heavy (non-hydrogen) atoms. The maximum Gasteiger partial charge on any atom is 0.255 e. The summed E-state index contributed by atoms with van der Waals surface area (Å²) in [6.07, 6.45) is 1.58. The van der Waals surface area contributed by atoms with Crippen LogP contribution in [0.3, 0.4) is 0 Å². The molecule has 5 nitrogen and oxygen atoms in total. The molecule has 1 aliphatic rings. The maximum absolute atomic E-state index is 12.9. The number of rotatable bonds is 5. The number of hydrogen-bond acceptors (Lipinski definition) is 3. The summed E-state index contributed by atoms with van der Waals surface area (Å²) in [6.45, 7) is 5.86. The summed E-state index contributed by atoms with van der Waals surface area (Å²) in [7, 11) is 1.57. The van der Waals surface area contributed by atoms with E-state index in [4.69, 9.17) is 4.74 Å². The molecule has 1 heterocycles. The van der Waals surface area contributed by atoms with Crippen molar-refractivity contribution in [3.8, 4) is 5.75 Å².